The first kappa shape index (κ1) is 29.9. The van der Waals surface area contributed by atoms with E-state index in [-0.39, 0.29) is 6.61 Å². The van der Waals surface area contributed by atoms with Crippen LogP contribution in [-0.4, -0.2) is 73.1 Å². The van der Waals surface area contributed by atoms with Crippen molar-refractivity contribution in [3.8, 4) is 5.75 Å². The van der Waals surface area contributed by atoms with Crippen LogP contribution in [0.25, 0.3) is 5.57 Å². The predicted molar refractivity (Wildman–Crippen MR) is 142 cm³/mol. The molecule has 5 atom stereocenters. The molecule has 0 bridgehead atoms. The number of nitrogens with zero attached hydrogens (tertiary/aromatic N) is 1. The summed E-state index contributed by atoms with van der Waals surface area (Å²) >= 11 is 0. The minimum absolute atomic E-state index is 0.270. The molecule has 1 fully saturated rings. The number of rotatable bonds is 8. The highest BCUT2D eigenvalue weighted by Crippen LogP contribution is 2.44. The molecule has 0 saturated carbocycles. The molecule has 2 heterocycles. The number of hydrogen-bond acceptors (Lipinski definition) is 10. The molecule has 1 aromatic rings. The zero-order valence-electron chi connectivity index (χ0n) is 23.7. The standard InChI is InChI=1S/C28H38N2O9/c1-9-35-20-10-11-22-21(12-20)15(2)13-28(7,8)30(22)27-24(29-16(3)31)26(38-19(6)34)25(37-18(5)33)23(39-27)14-36-17(4)32/h10-13,23-27H,9,14H2,1-8H3,(H,29,31)/t23-,24+,25-,26-,27-/m1/s1. The van der Waals surface area contributed by atoms with Crippen LogP contribution in [0.15, 0.2) is 24.3 Å². The lowest BCUT2D eigenvalue weighted by molar-refractivity contribution is -0.224. The second kappa shape index (κ2) is 12.1. The molecule has 11 nitrogen and oxygen atoms in total. The summed E-state index contributed by atoms with van der Waals surface area (Å²) in [4.78, 5) is 50.5. The van der Waals surface area contributed by atoms with Gasteiger partial charge >= 0.3 is 17.9 Å². The molecule has 1 N–H and O–H groups in total. The topological polar surface area (TPSA) is 130 Å². The average Bonchev–Trinajstić information content (AvgIpc) is 2.80. The Labute approximate surface area is 228 Å². The molecule has 0 aromatic heterocycles. The quantitative estimate of drug-likeness (QED) is 0.384. The highest BCUT2D eigenvalue weighted by molar-refractivity contribution is 5.82. The van der Waals surface area contributed by atoms with E-state index in [2.05, 4.69) is 11.4 Å². The molecule has 214 valence electrons. The molecule has 0 radical (unpaired) electrons. The number of fused-ring (bicyclic) bond motifs is 1. The van der Waals surface area contributed by atoms with Gasteiger partial charge < -0.3 is 33.9 Å². The van der Waals surface area contributed by atoms with E-state index in [9.17, 15) is 19.2 Å². The third-order valence-corrected chi connectivity index (χ3v) is 6.50. The molecule has 1 amide bonds. The molecule has 0 aliphatic carbocycles. The van der Waals surface area contributed by atoms with Gasteiger partial charge in [0.05, 0.1) is 12.1 Å². The lowest BCUT2D eigenvalue weighted by atomic mass is 9.85. The number of carbonyl (C=O) groups excluding carboxylic acids is 4. The van der Waals surface area contributed by atoms with Crippen LogP contribution in [0.4, 0.5) is 5.69 Å². The number of benzene rings is 1. The van der Waals surface area contributed by atoms with E-state index < -0.39 is 59.9 Å². The number of hydrogen-bond donors (Lipinski definition) is 1. The van der Waals surface area contributed by atoms with Crippen LogP contribution >= 0.6 is 0 Å². The summed E-state index contributed by atoms with van der Waals surface area (Å²) in [7, 11) is 0. The van der Waals surface area contributed by atoms with Crippen molar-refractivity contribution < 1.29 is 42.9 Å². The van der Waals surface area contributed by atoms with Crippen LogP contribution in [0.3, 0.4) is 0 Å². The Kier molecular flexibility index (Phi) is 9.26. The van der Waals surface area contributed by atoms with Crippen LogP contribution in [-0.2, 0) is 38.1 Å². The summed E-state index contributed by atoms with van der Waals surface area (Å²) < 4.78 is 28.7. The number of amides is 1. The van der Waals surface area contributed by atoms with E-state index in [1.165, 1.54) is 27.7 Å². The molecule has 2 aliphatic rings. The SMILES string of the molecule is CCOc1ccc2c(c1)C(C)=CC(C)(C)N2[C@@H]1O[C@H](COC(C)=O)[C@@H](OC(C)=O)[C@H](OC(C)=O)[C@@H]1NC(C)=O. The molecule has 0 unspecified atom stereocenters. The first-order valence-electron chi connectivity index (χ1n) is 12.9. The van der Waals surface area contributed by atoms with Crippen molar-refractivity contribution in [1.82, 2.24) is 5.32 Å². The van der Waals surface area contributed by atoms with Crippen LogP contribution in [0.1, 0.15) is 61.0 Å². The van der Waals surface area contributed by atoms with Gasteiger partial charge in [-0.15, -0.1) is 0 Å². The van der Waals surface area contributed by atoms with Gasteiger partial charge in [0, 0.05) is 38.9 Å². The van der Waals surface area contributed by atoms with Crippen molar-refractivity contribution in [3.05, 3.63) is 29.8 Å². The molecular formula is C28H38N2O9. The van der Waals surface area contributed by atoms with E-state index in [1.807, 2.05) is 50.8 Å². The first-order chi connectivity index (χ1) is 18.2. The molecule has 2 aliphatic heterocycles. The maximum atomic E-state index is 12.4. The Balaban J connectivity index is 2.20. The normalized spacial score (nSPS) is 25.5. The Hall–Kier alpha value is -3.60. The van der Waals surface area contributed by atoms with E-state index in [0.29, 0.717) is 12.4 Å². The number of esters is 3. The van der Waals surface area contributed by atoms with Crippen LogP contribution in [0, 0.1) is 0 Å². The van der Waals surface area contributed by atoms with Gasteiger partial charge in [0.15, 0.2) is 18.4 Å². The fraction of sp³-hybridized carbons (Fsp3) is 0.571. The fourth-order valence-electron chi connectivity index (χ4n) is 5.28. The number of nitrogens with one attached hydrogen (secondary N) is 1. The van der Waals surface area contributed by atoms with Gasteiger partial charge in [0.2, 0.25) is 5.91 Å². The second-order valence-corrected chi connectivity index (χ2v) is 10.2. The van der Waals surface area contributed by atoms with Gasteiger partial charge in [0.1, 0.15) is 24.5 Å². The van der Waals surface area contributed by atoms with Gasteiger partial charge in [-0.1, -0.05) is 6.08 Å². The molecule has 0 spiro atoms. The fourth-order valence-corrected chi connectivity index (χ4v) is 5.28. The predicted octanol–water partition coefficient (Wildman–Crippen LogP) is 2.74. The summed E-state index contributed by atoms with van der Waals surface area (Å²) in [5.41, 5.74) is 2.06. The highest BCUT2D eigenvalue weighted by atomic mass is 16.6. The Bertz CT molecular complexity index is 1150. The van der Waals surface area contributed by atoms with Crippen LogP contribution in [0.2, 0.25) is 0 Å². The third kappa shape index (κ3) is 6.89. The zero-order chi connectivity index (χ0) is 29.1. The highest BCUT2D eigenvalue weighted by Gasteiger charge is 2.54. The Morgan fingerprint density at radius 3 is 2.21 bits per heavy atom. The minimum atomic E-state index is -1.16. The van der Waals surface area contributed by atoms with Crippen LogP contribution < -0.4 is 15.0 Å². The summed E-state index contributed by atoms with van der Waals surface area (Å²) in [5.74, 6) is -1.56. The average molecular weight is 547 g/mol. The molecule has 1 aromatic carbocycles. The van der Waals surface area contributed by atoms with Gasteiger partial charge in [-0.2, -0.15) is 0 Å². The Morgan fingerprint density at radius 1 is 1.00 bits per heavy atom. The van der Waals surface area contributed by atoms with Gasteiger partial charge in [-0.3, -0.25) is 19.2 Å². The molecule has 11 heteroatoms. The lowest BCUT2D eigenvalue weighted by Crippen LogP contribution is -2.72. The van der Waals surface area contributed by atoms with Crippen molar-refractivity contribution >= 4 is 35.1 Å². The first-order valence-corrected chi connectivity index (χ1v) is 12.9. The molecule has 1 saturated heterocycles. The van der Waals surface area contributed by atoms with E-state index in [1.54, 1.807) is 0 Å². The van der Waals surface area contributed by atoms with Gasteiger partial charge in [-0.25, -0.2) is 0 Å². The van der Waals surface area contributed by atoms with Crippen molar-refractivity contribution in [2.75, 3.05) is 18.1 Å². The molecular weight excluding hydrogens is 508 g/mol. The third-order valence-electron chi connectivity index (χ3n) is 6.50. The molecule has 39 heavy (non-hydrogen) atoms. The summed E-state index contributed by atoms with van der Waals surface area (Å²) in [6.45, 7) is 13.1. The second-order valence-electron chi connectivity index (χ2n) is 10.2. The summed E-state index contributed by atoms with van der Waals surface area (Å²) in [6, 6.07) is 4.73. The largest absolute Gasteiger partial charge is 0.494 e. The number of ether oxygens (including phenoxy) is 5. The lowest BCUT2D eigenvalue weighted by Gasteiger charge is -2.54. The Morgan fingerprint density at radius 2 is 1.64 bits per heavy atom. The van der Waals surface area contributed by atoms with E-state index in [0.717, 1.165) is 16.8 Å². The number of anilines is 1. The monoisotopic (exact) mass is 546 g/mol. The van der Waals surface area contributed by atoms with Crippen molar-refractivity contribution in [1.29, 1.82) is 0 Å². The molecule has 3 rings (SSSR count). The summed E-state index contributed by atoms with van der Waals surface area (Å²) in [6.07, 6.45) is -2.18. The number of carbonyl (C=O) groups is 4. The maximum absolute atomic E-state index is 12.4. The summed E-state index contributed by atoms with van der Waals surface area (Å²) in [5, 5.41) is 2.86. The maximum Gasteiger partial charge on any atom is 0.303 e. The zero-order valence-corrected chi connectivity index (χ0v) is 23.7. The van der Waals surface area contributed by atoms with Crippen molar-refractivity contribution in [2.24, 2.45) is 0 Å². The van der Waals surface area contributed by atoms with Gasteiger partial charge in [0.25, 0.3) is 0 Å². The van der Waals surface area contributed by atoms with Crippen LogP contribution in [0.5, 0.6) is 5.75 Å². The van der Waals surface area contributed by atoms with Crippen molar-refractivity contribution in [2.45, 2.75) is 91.5 Å². The van der Waals surface area contributed by atoms with Crippen molar-refractivity contribution in [3.63, 3.8) is 0 Å². The number of allylic oxidation sites excluding steroid dienone is 1. The van der Waals surface area contributed by atoms with Gasteiger partial charge in [-0.05, 0) is 51.5 Å². The van der Waals surface area contributed by atoms with E-state index in [4.69, 9.17) is 23.7 Å². The minimum Gasteiger partial charge on any atom is -0.494 e. The van der Waals surface area contributed by atoms with E-state index >= 15 is 0 Å². The smallest absolute Gasteiger partial charge is 0.303 e.